The van der Waals surface area contributed by atoms with Gasteiger partial charge in [-0.1, -0.05) is 54.6 Å². The quantitative estimate of drug-likeness (QED) is 0.525. The fourth-order valence-electron chi connectivity index (χ4n) is 4.23. The van der Waals surface area contributed by atoms with Gasteiger partial charge in [-0.2, -0.15) is 0 Å². The number of hydrogen-bond donors (Lipinski definition) is 3. The molecule has 4 rings (SSSR count). The highest BCUT2D eigenvalue weighted by molar-refractivity contribution is 5.90. The van der Waals surface area contributed by atoms with Gasteiger partial charge in [0, 0.05) is 12.5 Å². The number of ether oxygens (including phenoxy) is 1. The normalized spacial score (nSPS) is 16.2. The van der Waals surface area contributed by atoms with Gasteiger partial charge in [-0.15, -0.1) is 6.58 Å². The standard InChI is InChI=1S/C25H26N2O5/c1-2-7-21(22(28)29)27-23(30)25(12-13-25)15-26-24(31)32-14-20-18-10-5-3-8-16(18)17-9-4-6-11-19(17)20/h2-6,8-11,20-21H,1,7,12-15H2,(H,26,31)(H,27,30)(H,28,29). The molecule has 0 radical (unpaired) electrons. The highest BCUT2D eigenvalue weighted by Gasteiger charge is 2.50. The second-order valence-electron chi connectivity index (χ2n) is 8.35. The summed E-state index contributed by atoms with van der Waals surface area (Å²) in [4.78, 5) is 36.2. The van der Waals surface area contributed by atoms with Gasteiger partial charge < -0.3 is 20.5 Å². The van der Waals surface area contributed by atoms with Crippen molar-refractivity contribution >= 4 is 18.0 Å². The number of alkyl carbamates (subject to hydrolysis) is 1. The molecular weight excluding hydrogens is 408 g/mol. The van der Waals surface area contributed by atoms with Crippen LogP contribution in [0.1, 0.15) is 36.3 Å². The van der Waals surface area contributed by atoms with E-state index in [1.54, 1.807) is 0 Å². The second-order valence-corrected chi connectivity index (χ2v) is 8.35. The second kappa shape index (κ2) is 8.86. The van der Waals surface area contributed by atoms with Crippen LogP contribution in [0, 0.1) is 5.41 Å². The molecule has 1 unspecified atom stereocenters. The van der Waals surface area contributed by atoms with Crippen LogP contribution in [0.25, 0.3) is 11.1 Å². The van der Waals surface area contributed by atoms with Crippen molar-refractivity contribution in [3.05, 3.63) is 72.3 Å². The molecule has 0 aliphatic heterocycles. The van der Waals surface area contributed by atoms with Gasteiger partial charge in [-0.05, 0) is 41.5 Å². The number of amides is 2. The molecule has 1 fully saturated rings. The molecule has 166 valence electrons. The van der Waals surface area contributed by atoms with E-state index in [0.29, 0.717) is 12.8 Å². The lowest BCUT2D eigenvalue weighted by Crippen LogP contribution is -2.47. The molecule has 2 aromatic rings. The summed E-state index contributed by atoms with van der Waals surface area (Å²) in [5.74, 6) is -1.52. The number of rotatable bonds is 9. The Kier molecular flexibility index (Phi) is 5.99. The molecule has 0 bridgehead atoms. The van der Waals surface area contributed by atoms with Crippen LogP contribution in [0.3, 0.4) is 0 Å². The third-order valence-corrected chi connectivity index (χ3v) is 6.26. The van der Waals surface area contributed by atoms with Crippen LogP contribution in [-0.2, 0) is 14.3 Å². The zero-order valence-electron chi connectivity index (χ0n) is 17.7. The van der Waals surface area contributed by atoms with Crippen LogP contribution in [0.2, 0.25) is 0 Å². The number of aliphatic carboxylic acids is 1. The minimum absolute atomic E-state index is 0.0402. The van der Waals surface area contributed by atoms with E-state index in [1.807, 2.05) is 36.4 Å². The van der Waals surface area contributed by atoms with E-state index in [2.05, 4.69) is 29.3 Å². The van der Waals surface area contributed by atoms with Gasteiger partial charge in [-0.3, -0.25) is 4.79 Å². The van der Waals surface area contributed by atoms with E-state index in [9.17, 15) is 19.5 Å². The molecule has 0 heterocycles. The van der Waals surface area contributed by atoms with Gasteiger partial charge in [-0.25, -0.2) is 9.59 Å². The molecule has 7 nitrogen and oxygen atoms in total. The number of nitrogens with one attached hydrogen (secondary N) is 2. The molecule has 32 heavy (non-hydrogen) atoms. The molecule has 3 N–H and O–H groups in total. The lowest BCUT2D eigenvalue weighted by molar-refractivity contribution is -0.142. The number of carboxylic acid groups (broad SMARTS) is 1. The summed E-state index contributed by atoms with van der Waals surface area (Å²) in [6, 6.07) is 15.2. The maximum Gasteiger partial charge on any atom is 0.407 e. The number of carboxylic acids is 1. The van der Waals surface area contributed by atoms with E-state index in [0.717, 1.165) is 22.3 Å². The Bertz CT molecular complexity index is 1010. The van der Waals surface area contributed by atoms with Crippen molar-refractivity contribution in [2.24, 2.45) is 5.41 Å². The van der Waals surface area contributed by atoms with Crippen molar-refractivity contribution in [3.8, 4) is 11.1 Å². The third kappa shape index (κ3) is 4.23. The van der Waals surface area contributed by atoms with E-state index in [-0.39, 0.29) is 31.4 Å². The average molecular weight is 434 g/mol. The van der Waals surface area contributed by atoms with Gasteiger partial charge in [0.25, 0.3) is 0 Å². The topological polar surface area (TPSA) is 105 Å². The van der Waals surface area contributed by atoms with Gasteiger partial charge in [0.2, 0.25) is 5.91 Å². The highest BCUT2D eigenvalue weighted by Crippen LogP contribution is 2.46. The number of benzene rings is 2. The van der Waals surface area contributed by atoms with E-state index in [1.165, 1.54) is 6.08 Å². The summed E-state index contributed by atoms with van der Waals surface area (Å²) in [5.41, 5.74) is 3.78. The fourth-order valence-corrected chi connectivity index (χ4v) is 4.23. The Morgan fingerprint density at radius 3 is 2.22 bits per heavy atom. The van der Waals surface area contributed by atoms with Crippen molar-refractivity contribution in [1.82, 2.24) is 10.6 Å². The first-order valence-corrected chi connectivity index (χ1v) is 10.7. The molecule has 2 aliphatic rings. The van der Waals surface area contributed by atoms with Gasteiger partial charge >= 0.3 is 12.1 Å². The SMILES string of the molecule is C=CCC(NC(=O)C1(CNC(=O)OCC2c3ccccc3-c3ccccc32)CC1)C(=O)O. The lowest BCUT2D eigenvalue weighted by Gasteiger charge is -2.20. The van der Waals surface area contributed by atoms with Crippen LogP contribution in [0.15, 0.2) is 61.2 Å². The van der Waals surface area contributed by atoms with Gasteiger partial charge in [0.1, 0.15) is 12.6 Å². The van der Waals surface area contributed by atoms with Crippen molar-refractivity contribution < 1.29 is 24.2 Å². The monoisotopic (exact) mass is 434 g/mol. The number of carbonyl (C=O) groups excluding carboxylic acids is 2. The Morgan fingerprint density at radius 1 is 1.09 bits per heavy atom. The highest BCUT2D eigenvalue weighted by atomic mass is 16.5. The first-order chi connectivity index (χ1) is 15.4. The molecular formula is C25H26N2O5. The van der Waals surface area contributed by atoms with Crippen molar-refractivity contribution in [2.75, 3.05) is 13.2 Å². The molecule has 2 aliphatic carbocycles. The predicted molar refractivity (Wildman–Crippen MR) is 119 cm³/mol. The van der Waals surface area contributed by atoms with E-state index in [4.69, 9.17) is 4.74 Å². The minimum Gasteiger partial charge on any atom is -0.480 e. The lowest BCUT2D eigenvalue weighted by atomic mass is 9.98. The van der Waals surface area contributed by atoms with Crippen LogP contribution in [-0.4, -0.2) is 42.3 Å². The minimum atomic E-state index is -1.11. The summed E-state index contributed by atoms with van der Waals surface area (Å²) in [7, 11) is 0. The molecule has 2 amide bonds. The Balaban J connectivity index is 1.33. The molecule has 7 heteroatoms. The van der Waals surface area contributed by atoms with E-state index < -0.39 is 23.5 Å². The fraction of sp³-hybridized carbons (Fsp3) is 0.320. The summed E-state index contributed by atoms with van der Waals surface area (Å²) in [6.45, 7) is 3.82. The molecule has 0 spiro atoms. The molecule has 0 aromatic heterocycles. The summed E-state index contributed by atoms with van der Waals surface area (Å²) in [6.07, 6.45) is 2.17. The van der Waals surface area contributed by atoms with Gasteiger partial charge in [0.05, 0.1) is 5.41 Å². The maximum absolute atomic E-state index is 12.6. The number of carbonyl (C=O) groups is 3. The van der Waals surface area contributed by atoms with Crippen LogP contribution in [0.5, 0.6) is 0 Å². The Morgan fingerprint density at radius 2 is 1.69 bits per heavy atom. The molecule has 2 aromatic carbocycles. The zero-order valence-corrected chi connectivity index (χ0v) is 17.7. The number of fused-ring (bicyclic) bond motifs is 3. The van der Waals surface area contributed by atoms with E-state index >= 15 is 0 Å². The third-order valence-electron chi connectivity index (χ3n) is 6.26. The summed E-state index contributed by atoms with van der Waals surface area (Å²) >= 11 is 0. The number of hydrogen-bond acceptors (Lipinski definition) is 4. The maximum atomic E-state index is 12.6. The molecule has 0 saturated heterocycles. The van der Waals surface area contributed by atoms with Crippen LogP contribution < -0.4 is 10.6 Å². The smallest absolute Gasteiger partial charge is 0.407 e. The van der Waals surface area contributed by atoms with Crippen LogP contribution in [0.4, 0.5) is 4.79 Å². The Labute approximate surface area is 186 Å². The van der Waals surface area contributed by atoms with Crippen LogP contribution >= 0.6 is 0 Å². The summed E-state index contributed by atoms with van der Waals surface area (Å²) in [5, 5.41) is 14.4. The molecule has 1 atom stereocenters. The first kappa shape index (κ1) is 21.6. The molecule has 1 saturated carbocycles. The van der Waals surface area contributed by atoms with Crippen molar-refractivity contribution in [2.45, 2.75) is 31.2 Å². The summed E-state index contributed by atoms with van der Waals surface area (Å²) < 4.78 is 5.51. The zero-order chi connectivity index (χ0) is 22.7. The van der Waals surface area contributed by atoms with Crippen molar-refractivity contribution in [1.29, 1.82) is 0 Å². The van der Waals surface area contributed by atoms with Gasteiger partial charge in [0.15, 0.2) is 0 Å². The van der Waals surface area contributed by atoms with Crippen molar-refractivity contribution in [3.63, 3.8) is 0 Å². The largest absolute Gasteiger partial charge is 0.480 e. The first-order valence-electron chi connectivity index (χ1n) is 10.7. The predicted octanol–water partition coefficient (Wildman–Crippen LogP) is 3.45. The Hall–Kier alpha value is -3.61. The average Bonchev–Trinajstić information content (AvgIpc) is 3.53.